The van der Waals surface area contributed by atoms with Crippen LogP contribution in [0.2, 0.25) is 5.02 Å². The zero-order chi connectivity index (χ0) is 19.4. The van der Waals surface area contributed by atoms with E-state index in [4.69, 9.17) is 16.3 Å². The summed E-state index contributed by atoms with van der Waals surface area (Å²) >= 11 is 7.35. The standard InChI is InChI=1S/C17H19ClN4O4S/c1-10(15(23)19-17(24)25-2)27-16-21-20-14(22(16)11-7-8-11)9-26-13-6-4-3-5-12(13)18/h3-6,10-11H,7-9H2,1-2H3,(H,19,23,24)/t10-/m1/s1. The number of thioether (sulfide) groups is 1. The molecule has 3 rings (SSSR count). The lowest BCUT2D eigenvalue weighted by Crippen LogP contribution is -2.36. The van der Waals surface area contributed by atoms with Crippen LogP contribution in [0.25, 0.3) is 0 Å². The average molecular weight is 411 g/mol. The molecule has 1 aliphatic rings. The van der Waals surface area contributed by atoms with Gasteiger partial charge in [-0.25, -0.2) is 4.79 Å². The van der Waals surface area contributed by atoms with E-state index in [9.17, 15) is 9.59 Å². The molecule has 0 spiro atoms. The van der Waals surface area contributed by atoms with Crippen molar-refractivity contribution in [2.45, 2.75) is 42.8 Å². The monoisotopic (exact) mass is 410 g/mol. The van der Waals surface area contributed by atoms with E-state index in [0.29, 0.717) is 27.8 Å². The Morgan fingerprint density at radius 2 is 2.11 bits per heavy atom. The Balaban J connectivity index is 1.69. The Bertz CT molecular complexity index is 840. The molecule has 27 heavy (non-hydrogen) atoms. The SMILES string of the molecule is COC(=O)NC(=O)[C@@H](C)Sc1nnc(COc2ccccc2Cl)n1C1CC1. The molecule has 1 aromatic heterocycles. The van der Waals surface area contributed by atoms with Gasteiger partial charge in [0, 0.05) is 6.04 Å². The number of halogens is 1. The maximum Gasteiger partial charge on any atom is 0.413 e. The second-order valence-corrected chi connectivity index (χ2v) is 7.68. The molecule has 0 radical (unpaired) electrons. The van der Waals surface area contributed by atoms with E-state index in [-0.39, 0.29) is 6.61 Å². The molecule has 2 amide bonds. The summed E-state index contributed by atoms with van der Waals surface area (Å²) in [5.74, 6) is 0.788. The van der Waals surface area contributed by atoms with E-state index < -0.39 is 17.3 Å². The lowest BCUT2D eigenvalue weighted by atomic mass is 10.3. The van der Waals surface area contributed by atoms with Crippen molar-refractivity contribution in [3.8, 4) is 5.75 Å². The number of hydrogen-bond acceptors (Lipinski definition) is 7. The van der Waals surface area contributed by atoms with Crippen molar-refractivity contribution in [3.05, 3.63) is 35.1 Å². The number of para-hydroxylation sites is 1. The van der Waals surface area contributed by atoms with Crippen LogP contribution in [0.15, 0.2) is 29.4 Å². The number of carbonyl (C=O) groups is 2. The third-order valence-corrected chi connectivity index (χ3v) is 5.27. The van der Waals surface area contributed by atoms with E-state index in [1.807, 2.05) is 16.7 Å². The fourth-order valence-corrected chi connectivity index (χ4v) is 3.48. The zero-order valence-corrected chi connectivity index (χ0v) is 16.4. The average Bonchev–Trinajstić information content (AvgIpc) is 3.42. The first-order valence-electron chi connectivity index (χ1n) is 8.36. The van der Waals surface area contributed by atoms with Crippen LogP contribution in [0.1, 0.15) is 31.6 Å². The number of nitrogens with one attached hydrogen (secondary N) is 1. The van der Waals surface area contributed by atoms with Gasteiger partial charge in [-0.3, -0.25) is 14.7 Å². The van der Waals surface area contributed by atoms with Crippen molar-refractivity contribution < 1.29 is 19.1 Å². The van der Waals surface area contributed by atoms with E-state index in [0.717, 1.165) is 12.8 Å². The summed E-state index contributed by atoms with van der Waals surface area (Å²) < 4.78 is 12.2. The molecule has 1 N–H and O–H groups in total. The number of imide groups is 1. The van der Waals surface area contributed by atoms with E-state index in [1.165, 1.54) is 18.9 Å². The zero-order valence-electron chi connectivity index (χ0n) is 14.8. The molecule has 2 aromatic rings. The van der Waals surface area contributed by atoms with Crippen LogP contribution in [0, 0.1) is 0 Å². The van der Waals surface area contributed by atoms with Gasteiger partial charge < -0.3 is 9.47 Å². The number of alkyl carbamates (subject to hydrolysis) is 1. The van der Waals surface area contributed by atoms with Gasteiger partial charge in [0.1, 0.15) is 12.4 Å². The molecule has 0 saturated heterocycles. The van der Waals surface area contributed by atoms with Crippen LogP contribution in [-0.4, -0.2) is 39.1 Å². The highest BCUT2D eigenvalue weighted by molar-refractivity contribution is 8.00. The van der Waals surface area contributed by atoms with Crippen molar-refractivity contribution >= 4 is 35.4 Å². The van der Waals surface area contributed by atoms with Gasteiger partial charge in [0.15, 0.2) is 11.0 Å². The minimum atomic E-state index is -0.787. The number of methoxy groups -OCH3 is 1. The van der Waals surface area contributed by atoms with Crippen LogP contribution in [-0.2, 0) is 16.1 Å². The van der Waals surface area contributed by atoms with Crippen molar-refractivity contribution in [2.24, 2.45) is 0 Å². The third-order valence-electron chi connectivity index (χ3n) is 3.90. The fraction of sp³-hybridized carbons (Fsp3) is 0.412. The van der Waals surface area contributed by atoms with E-state index in [2.05, 4.69) is 20.3 Å². The van der Waals surface area contributed by atoms with E-state index in [1.54, 1.807) is 19.1 Å². The Morgan fingerprint density at radius 3 is 2.78 bits per heavy atom. The normalized spacial score (nSPS) is 14.5. The topological polar surface area (TPSA) is 95.3 Å². The minimum Gasteiger partial charge on any atom is -0.484 e. The first-order chi connectivity index (χ1) is 13.0. The van der Waals surface area contributed by atoms with Gasteiger partial charge >= 0.3 is 6.09 Å². The highest BCUT2D eigenvalue weighted by Crippen LogP contribution is 2.39. The lowest BCUT2D eigenvalue weighted by molar-refractivity contribution is -0.119. The first kappa shape index (κ1) is 19.5. The Hall–Kier alpha value is -2.26. The summed E-state index contributed by atoms with van der Waals surface area (Å²) in [6.07, 6.45) is 1.26. The van der Waals surface area contributed by atoms with Crippen LogP contribution in [0.3, 0.4) is 0 Å². The highest BCUT2D eigenvalue weighted by Gasteiger charge is 2.31. The summed E-state index contributed by atoms with van der Waals surface area (Å²) in [6, 6.07) is 7.51. The summed E-state index contributed by atoms with van der Waals surface area (Å²) in [5, 5.41) is 11.2. The van der Waals surface area contributed by atoms with Crippen LogP contribution in [0.4, 0.5) is 4.79 Å². The number of nitrogens with zero attached hydrogens (tertiary/aromatic N) is 3. The van der Waals surface area contributed by atoms with Crippen molar-refractivity contribution in [2.75, 3.05) is 7.11 Å². The maximum atomic E-state index is 12.0. The molecule has 0 bridgehead atoms. The number of carbonyl (C=O) groups excluding carboxylic acids is 2. The van der Waals surface area contributed by atoms with Crippen LogP contribution in [0.5, 0.6) is 5.75 Å². The third kappa shape index (κ3) is 4.92. The highest BCUT2D eigenvalue weighted by atomic mass is 35.5. The van der Waals surface area contributed by atoms with Gasteiger partial charge in [-0.05, 0) is 31.9 Å². The van der Waals surface area contributed by atoms with Crippen molar-refractivity contribution in [1.82, 2.24) is 20.1 Å². The van der Waals surface area contributed by atoms with Crippen LogP contribution < -0.4 is 10.1 Å². The van der Waals surface area contributed by atoms with Crippen LogP contribution >= 0.6 is 23.4 Å². The molecule has 1 fully saturated rings. The molecule has 8 nitrogen and oxygen atoms in total. The van der Waals surface area contributed by atoms with Gasteiger partial charge in [0.25, 0.3) is 0 Å². The number of amides is 2. The number of rotatable bonds is 7. The molecule has 1 saturated carbocycles. The number of benzene rings is 1. The Kier molecular flexibility index (Phi) is 6.22. The largest absolute Gasteiger partial charge is 0.484 e. The molecular formula is C17H19ClN4O4S. The quantitative estimate of drug-likeness (QED) is 0.700. The summed E-state index contributed by atoms with van der Waals surface area (Å²) in [4.78, 5) is 23.2. The predicted octanol–water partition coefficient (Wildman–Crippen LogP) is 3.21. The molecule has 1 aromatic carbocycles. The molecule has 1 heterocycles. The number of ether oxygens (including phenoxy) is 2. The molecule has 144 valence electrons. The second-order valence-electron chi connectivity index (χ2n) is 5.96. The van der Waals surface area contributed by atoms with E-state index >= 15 is 0 Å². The van der Waals surface area contributed by atoms with Crippen molar-refractivity contribution in [1.29, 1.82) is 0 Å². The predicted molar refractivity (Wildman–Crippen MR) is 99.9 cm³/mol. The molecule has 10 heteroatoms. The maximum absolute atomic E-state index is 12.0. The lowest BCUT2D eigenvalue weighted by Gasteiger charge is -2.13. The molecule has 0 aliphatic heterocycles. The smallest absolute Gasteiger partial charge is 0.413 e. The van der Waals surface area contributed by atoms with Gasteiger partial charge in [-0.2, -0.15) is 0 Å². The number of hydrogen-bond donors (Lipinski definition) is 1. The number of aromatic nitrogens is 3. The van der Waals surface area contributed by atoms with Gasteiger partial charge in [0.05, 0.1) is 17.4 Å². The summed E-state index contributed by atoms with van der Waals surface area (Å²) in [6.45, 7) is 1.91. The summed E-state index contributed by atoms with van der Waals surface area (Å²) in [5.41, 5.74) is 0. The van der Waals surface area contributed by atoms with Crippen molar-refractivity contribution in [3.63, 3.8) is 0 Å². The fourth-order valence-electron chi connectivity index (χ4n) is 2.35. The first-order valence-corrected chi connectivity index (χ1v) is 9.62. The van der Waals surface area contributed by atoms with Gasteiger partial charge in [-0.1, -0.05) is 35.5 Å². The van der Waals surface area contributed by atoms with Gasteiger partial charge in [0.2, 0.25) is 5.91 Å². The van der Waals surface area contributed by atoms with Gasteiger partial charge in [-0.15, -0.1) is 10.2 Å². The molecule has 1 aliphatic carbocycles. The molecule has 1 atom stereocenters. The summed E-state index contributed by atoms with van der Waals surface area (Å²) in [7, 11) is 1.20. The minimum absolute atomic E-state index is 0.219. The Morgan fingerprint density at radius 1 is 1.37 bits per heavy atom. The Labute approximate surface area is 165 Å². The molecular weight excluding hydrogens is 392 g/mol. The molecule has 0 unspecified atom stereocenters. The second kappa shape index (κ2) is 8.62.